The highest BCUT2D eigenvalue weighted by atomic mass is 15.3. The van der Waals surface area contributed by atoms with Crippen molar-refractivity contribution in [3.05, 3.63) is 17.5 Å². The number of aromatic nitrogens is 2. The quantitative estimate of drug-likeness (QED) is 0.832. The Morgan fingerprint density at radius 2 is 2.06 bits per heavy atom. The van der Waals surface area contributed by atoms with Gasteiger partial charge in [-0.3, -0.25) is 4.68 Å². The van der Waals surface area contributed by atoms with E-state index in [2.05, 4.69) is 55.8 Å². The lowest BCUT2D eigenvalue weighted by Gasteiger charge is -2.27. The van der Waals surface area contributed by atoms with E-state index >= 15 is 0 Å². The van der Waals surface area contributed by atoms with Crippen molar-refractivity contribution in [1.82, 2.24) is 15.1 Å². The number of nitrogens with zero attached hydrogens (tertiary/aromatic N) is 2. The van der Waals surface area contributed by atoms with Crippen LogP contribution in [0.2, 0.25) is 0 Å². The number of aryl methyl sites for hydroxylation is 2. The minimum absolute atomic E-state index is 0.213. The molecule has 3 heteroatoms. The van der Waals surface area contributed by atoms with Crippen molar-refractivity contribution in [2.75, 3.05) is 6.54 Å². The van der Waals surface area contributed by atoms with Gasteiger partial charge in [0.2, 0.25) is 0 Å². The summed E-state index contributed by atoms with van der Waals surface area (Å²) >= 11 is 0. The summed E-state index contributed by atoms with van der Waals surface area (Å²) in [5.41, 5.74) is 2.55. The van der Waals surface area contributed by atoms with E-state index in [9.17, 15) is 0 Å². The lowest BCUT2D eigenvalue weighted by atomic mass is 10.0. The molecule has 3 nitrogen and oxygen atoms in total. The Balaban J connectivity index is 2.59. The molecule has 1 unspecified atom stereocenters. The fourth-order valence-electron chi connectivity index (χ4n) is 1.73. The maximum Gasteiger partial charge on any atom is 0.0618 e. The summed E-state index contributed by atoms with van der Waals surface area (Å²) in [6.45, 7) is 14.0. The van der Waals surface area contributed by atoms with E-state index < -0.39 is 0 Å². The first-order valence-corrected chi connectivity index (χ1v) is 6.13. The molecule has 92 valence electrons. The topological polar surface area (TPSA) is 29.9 Å². The number of hydrogen-bond donors (Lipinski definition) is 1. The molecule has 0 saturated carbocycles. The molecule has 0 radical (unpaired) electrons. The van der Waals surface area contributed by atoms with Gasteiger partial charge in [0.15, 0.2) is 0 Å². The third kappa shape index (κ3) is 3.34. The average Bonchev–Trinajstić information content (AvgIpc) is 2.54. The molecule has 0 saturated heterocycles. The van der Waals surface area contributed by atoms with E-state index in [4.69, 9.17) is 0 Å². The molecular weight excluding hydrogens is 198 g/mol. The van der Waals surface area contributed by atoms with E-state index in [1.165, 1.54) is 5.69 Å². The second kappa shape index (κ2) is 5.00. The Hall–Kier alpha value is -0.830. The Morgan fingerprint density at radius 3 is 2.50 bits per heavy atom. The van der Waals surface area contributed by atoms with Crippen molar-refractivity contribution in [1.29, 1.82) is 0 Å². The highest BCUT2D eigenvalue weighted by Gasteiger charge is 2.16. The SMILES string of the molecule is CCC(C)(C)NCC(C)n1nc(C)cc1C. The molecule has 0 aliphatic carbocycles. The number of hydrogen-bond acceptors (Lipinski definition) is 2. The molecule has 1 atom stereocenters. The van der Waals surface area contributed by atoms with Crippen LogP contribution in [0.3, 0.4) is 0 Å². The second-order valence-electron chi connectivity index (χ2n) is 5.34. The fraction of sp³-hybridized carbons (Fsp3) is 0.769. The van der Waals surface area contributed by atoms with Gasteiger partial charge in [0.25, 0.3) is 0 Å². The summed E-state index contributed by atoms with van der Waals surface area (Å²) in [6.07, 6.45) is 1.14. The van der Waals surface area contributed by atoms with Crippen LogP contribution < -0.4 is 5.32 Å². The smallest absolute Gasteiger partial charge is 0.0618 e. The maximum absolute atomic E-state index is 4.51. The van der Waals surface area contributed by atoms with Crippen molar-refractivity contribution in [3.63, 3.8) is 0 Å². The molecular formula is C13H25N3. The van der Waals surface area contributed by atoms with Crippen LogP contribution in [0, 0.1) is 13.8 Å². The third-order valence-electron chi connectivity index (χ3n) is 3.22. The Kier molecular flexibility index (Phi) is 4.14. The zero-order valence-electron chi connectivity index (χ0n) is 11.5. The highest BCUT2D eigenvalue weighted by Crippen LogP contribution is 2.12. The average molecular weight is 223 g/mol. The molecule has 1 aromatic rings. The van der Waals surface area contributed by atoms with Gasteiger partial charge in [0.1, 0.15) is 0 Å². The predicted molar refractivity (Wildman–Crippen MR) is 68.8 cm³/mol. The molecule has 0 aliphatic rings. The lowest BCUT2D eigenvalue weighted by Crippen LogP contribution is -2.41. The summed E-state index contributed by atoms with van der Waals surface area (Å²) in [5, 5.41) is 8.10. The van der Waals surface area contributed by atoms with E-state index in [1.54, 1.807) is 0 Å². The lowest BCUT2D eigenvalue weighted by molar-refractivity contribution is 0.333. The first kappa shape index (κ1) is 13.2. The highest BCUT2D eigenvalue weighted by molar-refractivity contribution is 5.07. The summed E-state index contributed by atoms with van der Waals surface area (Å²) < 4.78 is 2.11. The minimum Gasteiger partial charge on any atom is -0.310 e. The van der Waals surface area contributed by atoms with Crippen molar-refractivity contribution in [2.24, 2.45) is 0 Å². The second-order valence-corrected chi connectivity index (χ2v) is 5.34. The van der Waals surface area contributed by atoms with Crippen LogP contribution >= 0.6 is 0 Å². The van der Waals surface area contributed by atoms with E-state index in [0.29, 0.717) is 6.04 Å². The van der Waals surface area contributed by atoms with Crippen LogP contribution in [-0.4, -0.2) is 21.9 Å². The van der Waals surface area contributed by atoms with Crippen LogP contribution in [0.1, 0.15) is 51.5 Å². The van der Waals surface area contributed by atoms with Crippen LogP contribution in [0.25, 0.3) is 0 Å². The molecule has 0 fully saturated rings. The summed E-state index contributed by atoms with van der Waals surface area (Å²) in [7, 11) is 0. The molecule has 0 aliphatic heterocycles. The first-order valence-electron chi connectivity index (χ1n) is 6.13. The molecule has 0 spiro atoms. The summed E-state index contributed by atoms with van der Waals surface area (Å²) in [6, 6.07) is 2.53. The molecule has 0 aromatic carbocycles. The van der Waals surface area contributed by atoms with Crippen LogP contribution in [0.4, 0.5) is 0 Å². The van der Waals surface area contributed by atoms with Crippen molar-refractivity contribution < 1.29 is 0 Å². The predicted octanol–water partition coefficient (Wildman–Crippen LogP) is 2.84. The van der Waals surface area contributed by atoms with Gasteiger partial charge in [-0.25, -0.2) is 0 Å². The summed E-state index contributed by atoms with van der Waals surface area (Å²) in [4.78, 5) is 0. The summed E-state index contributed by atoms with van der Waals surface area (Å²) in [5.74, 6) is 0. The number of rotatable bonds is 5. The fourth-order valence-corrected chi connectivity index (χ4v) is 1.73. The van der Waals surface area contributed by atoms with E-state index in [1.807, 2.05) is 6.92 Å². The van der Waals surface area contributed by atoms with E-state index in [-0.39, 0.29) is 5.54 Å². The van der Waals surface area contributed by atoms with Crippen LogP contribution in [0.15, 0.2) is 6.07 Å². The van der Waals surface area contributed by atoms with Crippen molar-refractivity contribution in [2.45, 2.75) is 59.5 Å². The van der Waals surface area contributed by atoms with Crippen LogP contribution in [-0.2, 0) is 0 Å². The Morgan fingerprint density at radius 1 is 1.44 bits per heavy atom. The molecule has 1 heterocycles. The molecule has 1 rings (SSSR count). The van der Waals surface area contributed by atoms with Gasteiger partial charge >= 0.3 is 0 Å². The van der Waals surface area contributed by atoms with Gasteiger partial charge in [-0.2, -0.15) is 5.10 Å². The Labute approximate surface area is 99.2 Å². The zero-order valence-corrected chi connectivity index (χ0v) is 11.5. The monoisotopic (exact) mass is 223 g/mol. The Bertz CT molecular complexity index is 339. The molecule has 1 N–H and O–H groups in total. The van der Waals surface area contributed by atoms with Gasteiger partial charge in [-0.05, 0) is 47.1 Å². The number of nitrogens with one attached hydrogen (secondary N) is 1. The molecule has 16 heavy (non-hydrogen) atoms. The van der Waals surface area contributed by atoms with Crippen molar-refractivity contribution >= 4 is 0 Å². The standard InChI is InChI=1S/C13H25N3/c1-7-13(5,6)14-9-12(4)16-11(3)8-10(2)15-16/h8,12,14H,7,9H2,1-6H3. The van der Waals surface area contributed by atoms with Gasteiger partial charge < -0.3 is 5.32 Å². The molecule has 0 bridgehead atoms. The van der Waals surface area contributed by atoms with Crippen molar-refractivity contribution in [3.8, 4) is 0 Å². The van der Waals surface area contributed by atoms with Gasteiger partial charge in [0, 0.05) is 17.8 Å². The van der Waals surface area contributed by atoms with Gasteiger partial charge in [0.05, 0.1) is 11.7 Å². The van der Waals surface area contributed by atoms with Crippen LogP contribution in [0.5, 0.6) is 0 Å². The zero-order chi connectivity index (χ0) is 12.3. The largest absolute Gasteiger partial charge is 0.310 e. The maximum atomic E-state index is 4.51. The van der Waals surface area contributed by atoms with Gasteiger partial charge in [-0.15, -0.1) is 0 Å². The normalized spacial score (nSPS) is 14.1. The van der Waals surface area contributed by atoms with Gasteiger partial charge in [-0.1, -0.05) is 6.92 Å². The van der Waals surface area contributed by atoms with E-state index in [0.717, 1.165) is 18.7 Å². The molecule has 0 amide bonds. The minimum atomic E-state index is 0.213. The third-order valence-corrected chi connectivity index (χ3v) is 3.22. The first-order chi connectivity index (χ1) is 7.35. The molecule has 1 aromatic heterocycles.